The lowest BCUT2D eigenvalue weighted by Crippen LogP contribution is -2.26. The van der Waals surface area contributed by atoms with Gasteiger partial charge in [0.1, 0.15) is 5.82 Å². The van der Waals surface area contributed by atoms with Gasteiger partial charge in [-0.3, -0.25) is 9.59 Å². The van der Waals surface area contributed by atoms with Gasteiger partial charge in [-0.05, 0) is 29.8 Å². The van der Waals surface area contributed by atoms with Gasteiger partial charge in [0, 0.05) is 12.0 Å². The Kier molecular flexibility index (Phi) is 3.58. The largest absolute Gasteiger partial charge is 0.478 e. The molecule has 0 unspecified atom stereocenters. The van der Waals surface area contributed by atoms with Crippen molar-refractivity contribution in [3.05, 3.63) is 59.2 Å². The molecule has 2 aromatic rings. The molecule has 1 N–H and O–H groups in total. The number of halogens is 2. The third kappa shape index (κ3) is 2.81. The fourth-order valence-corrected chi connectivity index (χ4v) is 2.21. The normalized spacial score (nSPS) is 13.1. The lowest BCUT2D eigenvalue weighted by atomic mass is 10.0. The predicted octanol–water partition coefficient (Wildman–Crippen LogP) is 2.72. The molecule has 1 aliphatic rings. The third-order valence-corrected chi connectivity index (χ3v) is 3.27. The second-order valence-electron chi connectivity index (χ2n) is 4.90. The number of ether oxygens (including phenoxy) is 1. The number of carbonyl (C=O) groups excluding carboxylic acids is 2. The molecule has 0 saturated carbocycles. The predicted molar refractivity (Wildman–Crippen MR) is 75.0 cm³/mol. The quantitative estimate of drug-likeness (QED) is 0.887. The van der Waals surface area contributed by atoms with Crippen LogP contribution in [0.25, 0.3) is 0 Å². The minimum Gasteiger partial charge on any atom is -0.478 e. The standard InChI is InChI=1S/C16H11F2NO3/c17-11-3-1-9(2-4-11)5-14(20)10-6-12(18)16-13(7-10)19-15(21)8-22-16/h1-4,6-7H,5,8H2,(H,19,21). The second-order valence-corrected chi connectivity index (χ2v) is 4.90. The maximum Gasteiger partial charge on any atom is 0.262 e. The van der Waals surface area contributed by atoms with E-state index in [-0.39, 0.29) is 35.8 Å². The Labute approximate surface area is 124 Å². The molecule has 0 atom stereocenters. The van der Waals surface area contributed by atoms with E-state index in [4.69, 9.17) is 4.74 Å². The van der Waals surface area contributed by atoms with Crippen molar-refractivity contribution in [3.8, 4) is 5.75 Å². The van der Waals surface area contributed by atoms with Crippen molar-refractivity contribution in [1.82, 2.24) is 0 Å². The first kappa shape index (κ1) is 14.2. The minimum absolute atomic E-state index is 0.00725. The van der Waals surface area contributed by atoms with Crippen LogP contribution in [0.1, 0.15) is 15.9 Å². The van der Waals surface area contributed by atoms with Crippen molar-refractivity contribution in [2.24, 2.45) is 0 Å². The Bertz CT molecular complexity index is 757. The van der Waals surface area contributed by atoms with E-state index in [0.29, 0.717) is 5.56 Å². The third-order valence-electron chi connectivity index (χ3n) is 3.27. The summed E-state index contributed by atoms with van der Waals surface area (Å²) in [6.45, 7) is -0.257. The molecule has 1 aliphatic heterocycles. The lowest BCUT2D eigenvalue weighted by Gasteiger charge is -2.19. The second kappa shape index (κ2) is 5.55. The molecule has 0 aromatic heterocycles. The summed E-state index contributed by atoms with van der Waals surface area (Å²) in [5, 5.41) is 2.46. The maximum atomic E-state index is 13.9. The number of anilines is 1. The molecular formula is C16H11F2NO3. The number of Topliss-reactive ketones (excluding diaryl/α,β-unsaturated/α-hetero) is 1. The van der Waals surface area contributed by atoms with E-state index in [1.54, 1.807) is 0 Å². The van der Waals surface area contributed by atoms with Gasteiger partial charge < -0.3 is 10.1 Å². The van der Waals surface area contributed by atoms with Crippen molar-refractivity contribution in [1.29, 1.82) is 0 Å². The van der Waals surface area contributed by atoms with Crippen molar-refractivity contribution < 1.29 is 23.1 Å². The molecular weight excluding hydrogens is 292 g/mol. The molecule has 112 valence electrons. The number of hydrogen-bond acceptors (Lipinski definition) is 3. The summed E-state index contributed by atoms with van der Waals surface area (Å²) >= 11 is 0. The van der Waals surface area contributed by atoms with Gasteiger partial charge in [-0.1, -0.05) is 12.1 Å². The molecule has 0 radical (unpaired) electrons. The summed E-state index contributed by atoms with van der Waals surface area (Å²) in [5.74, 6) is -1.92. The smallest absolute Gasteiger partial charge is 0.262 e. The van der Waals surface area contributed by atoms with Gasteiger partial charge in [0.2, 0.25) is 0 Å². The van der Waals surface area contributed by atoms with E-state index in [0.717, 1.165) is 6.07 Å². The number of ketones is 1. The Morgan fingerprint density at radius 3 is 2.64 bits per heavy atom. The van der Waals surface area contributed by atoms with Gasteiger partial charge in [0.05, 0.1) is 5.69 Å². The van der Waals surface area contributed by atoms with Crippen molar-refractivity contribution in [2.75, 3.05) is 11.9 Å². The van der Waals surface area contributed by atoms with E-state index < -0.39 is 17.5 Å². The zero-order valence-electron chi connectivity index (χ0n) is 11.4. The summed E-state index contributed by atoms with van der Waals surface area (Å²) in [4.78, 5) is 23.5. The zero-order chi connectivity index (χ0) is 15.7. The summed E-state index contributed by atoms with van der Waals surface area (Å²) in [6.07, 6.45) is 0.00725. The van der Waals surface area contributed by atoms with Gasteiger partial charge in [0.25, 0.3) is 5.91 Å². The molecule has 0 fully saturated rings. The van der Waals surface area contributed by atoms with Crippen LogP contribution in [0, 0.1) is 11.6 Å². The zero-order valence-corrected chi connectivity index (χ0v) is 11.4. The number of carbonyl (C=O) groups is 2. The van der Waals surface area contributed by atoms with E-state index in [1.165, 1.54) is 30.3 Å². The number of hydrogen-bond donors (Lipinski definition) is 1. The maximum absolute atomic E-state index is 13.9. The van der Waals surface area contributed by atoms with Crippen LogP contribution in [0.3, 0.4) is 0 Å². The fraction of sp³-hybridized carbons (Fsp3) is 0.125. The number of nitrogens with one attached hydrogen (secondary N) is 1. The molecule has 1 heterocycles. The first-order valence-corrected chi connectivity index (χ1v) is 6.57. The molecule has 0 saturated heterocycles. The average molecular weight is 303 g/mol. The minimum atomic E-state index is -0.708. The monoisotopic (exact) mass is 303 g/mol. The van der Waals surface area contributed by atoms with Crippen LogP contribution in [0.2, 0.25) is 0 Å². The number of fused-ring (bicyclic) bond motifs is 1. The molecule has 22 heavy (non-hydrogen) atoms. The van der Waals surface area contributed by atoms with Crippen molar-refractivity contribution in [3.63, 3.8) is 0 Å². The first-order chi connectivity index (χ1) is 10.5. The fourth-order valence-electron chi connectivity index (χ4n) is 2.21. The van der Waals surface area contributed by atoms with Gasteiger partial charge in [-0.2, -0.15) is 0 Å². The van der Waals surface area contributed by atoms with Crippen LogP contribution in [-0.4, -0.2) is 18.3 Å². The van der Waals surface area contributed by atoms with E-state index in [1.807, 2.05) is 0 Å². The van der Waals surface area contributed by atoms with Crippen LogP contribution in [0.4, 0.5) is 14.5 Å². The molecule has 3 rings (SSSR count). The Balaban J connectivity index is 1.86. The molecule has 1 amide bonds. The Morgan fingerprint density at radius 2 is 1.91 bits per heavy atom. The van der Waals surface area contributed by atoms with Gasteiger partial charge in [-0.25, -0.2) is 8.78 Å². The molecule has 4 nitrogen and oxygen atoms in total. The molecule has 0 bridgehead atoms. The highest BCUT2D eigenvalue weighted by molar-refractivity contribution is 6.01. The Morgan fingerprint density at radius 1 is 1.18 bits per heavy atom. The van der Waals surface area contributed by atoms with E-state index in [2.05, 4.69) is 5.32 Å². The number of rotatable bonds is 3. The van der Waals surface area contributed by atoms with Gasteiger partial charge >= 0.3 is 0 Å². The molecule has 6 heteroatoms. The SMILES string of the molecule is O=C1COc2c(F)cc(C(=O)Cc3ccc(F)cc3)cc2N1. The molecule has 2 aromatic carbocycles. The van der Waals surface area contributed by atoms with Gasteiger partial charge in [-0.15, -0.1) is 0 Å². The number of amides is 1. The highest BCUT2D eigenvalue weighted by Gasteiger charge is 2.22. The summed E-state index contributed by atoms with van der Waals surface area (Å²) < 4.78 is 31.8. The van der Waals surface area contributed by atoms with Gasteiger partial charge in [0.15, 0.2) is 24.0 Å². The average Bonchev–Trinajstić information content (AvgIpc) is 2.49. The van der Waals surface area contributed by atoms with Crippen LogP contribution >= 0.6 is 0 Å². The first-order valence-electron chi connectivity index (χ1n) is 6.57. The summed E-state index contributed by atoms with van der Waals surface area (Å²) in [7, 11) is 0. The Hall–Kier alpha value is -2.76. The van der Waals surface area contributed by atoms with E-state index >= 15 is 0 Å². The topological polar surface area (TPSA) is 55.4 Å². The van der Waals surface area contributed by atoms with Crippen molar-refractivity contribution >= 4 is 17.4 Å². The van der Waals surface area contributed by atoms with Crippen LogP contribution in [0.5, 0.6) is 5.75 Å². The molecule has 0 spiro atoms. The summed E-state index contributed by atoms with van der Waals surface area (Å²) in [5.41, 5.74) is 0.870. The lowest BCUT2D eigenvalue weighted by molar-refractivity contribution is -0.118. The van der Waals surface area contributed by atoms with Crippen molar-refractivity contribution in [2.45, 2.75) is 6.42 Å². The highest BCUT2D eigenvalue weighted by Crippen LogP contribution is 2.32. The number of benzene rings is 2. The van der Waals surface area contributed by atoms with Crippen LogP contribution < -0.4 is 10.1 Å². The van der Waals surface area contributed by atoms with Crippen LogP contribution in [0.15, 0.2) is 36.4 Å². The van der Waals surface area contributed by atoms with E-state index in [9.17, 15) is 18.4 Å². The summed E-state index contributed by atoms with van der Waals surface area (Å²) in [6, 6.07) is 7.94. The highest BCUT2D eigenvalue weighted by atomic mass is 19.1. The van der Waals surface area contributed by atoms with Crippen LogP contribution in [-0.2, 0) is 11.2 Å². The molecule has 0 aliphatic carbocycles.